The van der Waals surface area contributed by atoms with Gasteiger partial charge in [0.15, 0.2) is 0 Å². The third-order valence-corrected chi connectivity index (χ3v) is 7.05. The van der Waals surface area contributed by atoms with Crippen LogP contribution in [0.5, 0.6) is 0 Å². The van der Waals surface area contributed by atoms with E-state index in [1.807, 2.05) is 0 Å². The van der Waals surface area contributed by atoms with Crippen molar-refractivity contribution in [3.05, 3.63) is 0 Å². The van der Waals surface area contributed by atoms with Gasteiger partial charge in [0.25, 0.3) is 0 Å². The van der Waals surface area contributed by atoms with E-state index in [-0.39, 0.29) is 11.1 Å². The molecule has 0 aliphatic heterocycles. The lowest BCUT2D eigenvalue weighted by Crippen LogP contribution is -2.62. The summed E-state index contributed by atoms with van der Waals surface area (Å²) in [5.41, 5.74) is 0.151. The summed E-state index contributed by atoms with van der Waals surface area (Å²) >= 11 is 0. The largest absolute Gasteiger partial charge is 0.376 e. The molecular weight excluding hydrogens is 322 g/mol. The van der Waals surface area contributed by atoms with Gasteiger partial charge >= 0.3 is 0 Å². The number of nitrogens with zero attached hydrogens (tertiary/aromatic N) is 1. The molecule has 0 radical (unpaired) electrons. The predicted octanol–water partition coefficient (Wildman–Crippen LogP) is 6.45. The fourth-order valence-electron chi connectivity index (χ4n) is 4.15. The van der Waals surface area contributed by atoms with Crippen LogP contribution in [0.25, 0.3) is 0 Å². The Morgan fingerprint density at radius 1 is 0.577 bits per heavy atom. The Kier molecular flexibility index (Phi) is 13.1. The van der Waals surface area contributed by atoms with Gasteiger partial charge in [0, 0.05) is 11.1 Å². The van der Waals surface area contributed by atoms with E-state index in [9.17, 15) is 0 Å². The van der Waals surface area contributed by atoms with Crippen molar-refractivity contribution in [2.24, 2.45) is 0 Å². The van der Waals surface area contributed by atoms with Gasteiger partial charge in [-0.25, -0.2) is 0 Å². The number of hydrogen-bond donors (Lipinski definition) is 0. The summed E-state index contributed by atoms with van der Waals surface area (Å²) in [6, 6.07) is 0. The molecule has 0 aromatic carbocycles. The molecule has 0 spiro atoms. The zero-order chi connectivity index (χ0) is 20.2. The molecule has 0 saturated heterocycles. The summed E-state index contributed by atoms with van der Waals surface area (Å²) in [6.45, 7) is 19.8. The molecule has 0 bridgehead atoms. The van der Waals surface area contributed by atoms with E-state index in [4.69, 9.17) is 9.47 Å². The third-order valence-electron chi connectivity index (χ3n) is 7.05. The second kappa shape index (κ2) is 13.1. The second-order valence-corrected chi connectivity index (χ2v) is 7.92. The maximum absolute atomic E-state index is 6.38. The van der Waals surface area contributed by atoms with Crippen LogP contribution in [0.4, 0.5) is 0 Å². The van der Waals surface area contributed by atoms with Crippen molar-refractivity contribution in [1.29, 1.82) is 0 Å². The van der Waals surface area contributed by atoms with E-state index in [0.29, 0.717) is 12.2 Å². The highest BCUT2D eigenvalue weighted by Gasteiger charge is 2.43. The number of hydrogen-bond acceptors (Lipinski definition) is 3. The Labute approximate surface area is 165 Å². The van der Waals surface area contributed by atoms with Crippen LogP contribution in [-0.4, -0.2) is 48.4 Å². The Bertz CT molecular complexity index is 297. The Morgan fingerprint density at radius 2 is 0.846 bits per heavy atom. The highest BCUT2D eigenvalue weighted by Crippen LogP contribution is 2.35. The maximum Gasteiger partial charge on any atom is 0.0654 e. The summed E-state index contributed by atoms with van der Waals surface area (Å²) in [7, 11) is 2.31. The van der Waals surface area contributed by atoms with E-state index in [2.05, 4.69) is 67.3 Å². The Balaban J connectivity index is 5.46. The van der Waals surface area contributed by atoms with Crippen molar-refractivity contribution < 1.29 is 9.47 Å². The highest BCUT2D eigenvalue weighted by atomic mass is 16.5. The molecule has 0 saturated carbocycles. The van der Waals surface area contributed by atoms with Crippen LogP contribution in [0, 0.1) is 0 Å². The first-order valence-corrected chi connectivity index (χ1v) is 11.4. The number of ether oxygens (including phenoxy) is 2. The number of likely N-dealkylation sites (N-methyl/N-ethyl adjacent to an activating group) is 1. The molecule has 0 rings (SSSR count). The van der Waals surface area contributed by atoms with Gasteiger partial charge in [0.1, 0.15) is 0 Å². The molecule has 158 valence electrons. The second-order valence-electron chi connectivity index (χ2n) is 7.92. The van der Waals surface area contributed by atoms with Gasteiger partial charge in [-0.3, -0.25) is 4.90 Å². The smallest absolute Gasteiger partial charge is 0.0654 e. The van der Waals surface area contributed by atoms with Crippen molar-refractivity contribution >= 4 is 0 Å². The Morgan fingerprint density at radius 3 is 1.04 bits per heavy atom. The number of rotatable bonds is 16. The first kappa shape index (κ1) is 25.9. The molecule has 0 aromatic rings. The van der Waals surface area contributed by atoms with Crippen molar-refractivity contribution in [3.63, 3.8) is 0 Å². The summed E-state index contributed by atoms with van der Waals surface area (Å²) in [6.07, 6.45) is 9.53. The Hall–Kier alpha value is -0.120. The lowest BCUT2D eigenvalue weighted by molar-refractivity contribution is -0.114. The van der Waals surface area contributed by atoms with Crippen molar-refractivity contribution in [2.75, 3.05) is 20.3 Å². The molecule has 0 aromatic heterocycles. The molecule has 0 unspecified atom stereocenters. The molecule has 26 heavy (non-hydrogen) atoms. The lowest BCUT2D eigenvalue weighted by Gasteiger charge is -2.52. The fraction of sp³-hybridized carbons (Fsp3) is 1.00. The average molecular weight is 372 g/mol. The van der Waals surface area contributed by atoms with Crippen molar-refractivity contribution in [1.82, 2.24) is 4.90 Å². The van der Waals surface area contributed by atoms with Gasteiger partial charge in [-0.1, -0.05) is 55.4 Å². The zero-order valence-corrected chi connectivity index (χ0v) is 19.5. The quantitative estimate of drug-likeness (QED) is 0.311. The van der Waals surface area contributed by atoms with Crippen LogP contribution >= 0.6 is 0 Å². The average Bonchev–Trinajstić information content (AvgIpc) is 2.69. The van der Waals surface area contributed by atoms with Gasteiger partial charge in [-0.05, 0) is 58.4 Å². The van der Waals surface area contributed by atoms with Crippen LogP contribution in [0.1, 0.15) is 107 Å². The molecule has 0 amide bonds. The van der Waals surface area contributed by atoms with Crippen LogP contribution in [0.2, 0.25) is 0 Å². The van der Waals surface area contributed by atoms with Crippen LogP contribution in [0.3, 0.4) is 0 Å². The van der Waals surface area contributed by atoms with E-state index < -0.39 is 0 Å². The minimum Gasteiger partial charge on any atom is -0.376 e. The zero-order valence-electron chi connectivity index (χ0n) is 19.5. The summed E-state index contributed by atoms with van der Waals surface area (Å²) in [4.78, 5) is 2.63. The van der Waals surface area contributed by atoms with E-state index in [1.165, 1.54) is 0 Å². The molecule has 0 fully saturated rings. The molecular formula is C23H49NO2. The van der Waals surface area contributed by atoms with Crippen molar-refractivity contribution in [3.8, 4) is 0 Å². The molecule has 3 nitrogen and oxygen atoms in total. The molecule has 0 atom stereocenters. The topological polar surface area (TPSA) is 21.7 Å². The standard InChI is InChI=1S/C23H49NO2/c1-10-20(11-2)25-18-22(14-5,15-6)24(9)23(16-7,17-8)19-26-21(12-3)13-4/h20-21H,10-19H2,1-9H3. The SMILES string of the molecule is CCC(CC)OCC(CC)(CC)N(C)C(CC)(CC)COC(CC)CC. The monoisotopic (exact) mass is 371 g/mol. The minimum atomic E-state index is 0.0753. The van der Waals surface area contributed by atoms with Gasteiger partial charge in [0.2, 0.25) is 0 Å². The molecule has 0 heterocycles. The maximum atomic E-state index is 6.38. The fourth-order valence-corrected chi connectivity index (χ4v) is 4.15. The molecule has 3 heteroatoms. The first-order chi connectivity index (χ1) is 12.4. The van der Waals surface area contributed by atoms with Gasteiger partial charge < -0.3 is 9.47 Å². The van der Waals surface area contributed by atoms with Crippen molar-refractivity contribution in [2.45, 2.75) is 130 Å². The normalized spacial score (nSPS) is 13.4. The molecule has 0 aliphatic rings. The predicted molar refractivity (Wildman–Crippen MR) is 115 cm³/mol. The molecule has 0 N–H and O–H groups in total. The van der Waals surface area contributed by atoms with Crippen LogP contribution in [0.15, 0.2) is 0 Å². The lowest BCUT2D eigenvalue weighted by atomic mass is 9.82. The summed E-state index contributed by atoms with van der Waals surface area (Å²) < 4.78 is 12.8. The van der Waals surface area contributed by atoms with Gasteiger partial charge in [0.05, 0.1) is 25.4 Å². The minimum absolute atomic E-state index is 0.0753. The van der Waals surface area contributed by atoms with Crippen LogP contribution < -0.4 is 0 Å². The third kappa shape index (κ3) is 6.49. The van der Waals surface area contributed by atoms with Gasteiger partial charge in [-0.15, -0.1) is 0 Å². The van der Waals surface area contributed by atoms with Crippen LogP contribution in [-0.2, 0) is 9.47 Å². The van der Waals surface area contributed by atoms with E-state index >= 15 is 0 Å². The van der Waals surface area contributed by atoms with E-state index in [0.717, 1.165) is 64.6 Å². The van der Waals surface area contributed by atoms with E-state index in [1.54, 1.807) is 0 Å². The molecule has 0 aliphatic carbocycles. The first-order valence-electron chi connectivity index (χ1n) is 11.4. The summed E-state index contributed by atoms with van der Waals surface area (Å²) in [5, 5.41) is 0. The summed E-state index contributed by atoms with van der Waals surface area (Å²) in [5.74, 6) is 0. The highest BCUT2D eigenvalue weighted by molar-refractivity contribution is 4.98. The van der Waals surface area contributed by atoms with Gasteiger partial charge in [-0.2, -0.15) is 0 Å².